The SMILES string of the molecule is C=O.CN1CCC(CN(c2ccc(F)cc2)C2CCC(n3ncc(Cl)c(Cl)c3=O)CC2)C1. The number of benzene rings is 1. The van der Waals surface area contributed by atoms with E-state index in [1.165, 1.54) is 29.4 Å². The number of hydrogen-bond acceptors (Lipinski definition) is 5. The van der Waals surface area contributed by atoms with E-state index in [1.54, 1.807) is 0 Å². The van der Waals surface area contributed by atoms with Gasteiger partial charge in [-0.15, -0.1) is 0 Å². The van der Waals surface area contributed by atoms with Gasteiger partial charge in [-0.05, 0) is 75.9 Å². The van der Waals surface area contributed by atoms with Gasteiger partial charge in [-0.3, -0.25) is 4.79 Å². The number of likely N-dealkylation sites (tertiary alicyclic amines) is 1. The minimum atomic E-state index is -0.322. The first-order chi connectivity index (χ1) is 15.4. The van der Waals surface area contributed by atoms with Gasteiger partial charge < -0.3 is 14.6 Å². The molecule has 2 heterocycles. The quantitative estimate of drug-likeness (QED) is 0.629. The second kappa shape index (κ2) is 11.3. The summed E-state index contributed by atoms with van der Waals surface area (Å²) in [5.74, 6) is 0.394. The van der Waals surface area contributed by atoms with Gasteiger partial charge in [-0.25, -0.2) is 9.07 Å². The molecule has 0 radical (unpaired) electrons. The van der Waals surface area contributed by atoms with Gasteiger partial charge in [0.1, 0.15) is 17.6 Å². The van der Waals surface area contributed by atoms with Crippen LogP contribution in [-0.2, 0) is 4.79 Å². The molecular formula is C23H29Cl2FN4O2. The summed E-state index contributed by atoms with van der Waals surface area (Å²) in [7, 11) is 2.16. The maximum atomic E-state index is 13.5. The van der Waals surface area contributed by atoms with Crippen LogP contribution in [0, 0.1) is 11.7 Å². The third-order valence-corrected chi connectivity index (χ3v) is 7.20. The lowest BCUT2D eigenvalue weighted by molar-refractivity contribution is -0.0979. The summed E-state index contributed by atoms with van der Waals surface area (Å²) in [4.78, 5) is 25.3. The number of hydrogen-bond donors (Lipinski definition) is 0. The molecule has 2 aromatic rings. The summed E-state index contributed by atoms with van der Waals surface area (Å²) in [6.07, 6.45) is 6.21. The fraction of sp³-hybridized carbons (Fsp3) is 0.522. The predicted molar refractivity (Wildman–Crippen MR) is 126 cm³/mol. The molecule has 1 aliphatic carbocycles. The van der Waals surface area contributed by atoms with E-state index in [1.807, 2.05) is 18.9 Å². The number of rotatable bonds is 5. The van der Waals surface area contributed by atoms with Gasteiger partial charge in [0.2, 0.25) is 0 Å². The molecule has 2 aliphatic rings. The van der Waals surface area contributed by atoms with Crippen molar-refractivity contribution in [3.05, 3.63) is 56.7 Å². The number of carbonyl (C=O) groups is 1. The zero-order valence-corrected chi connectivity index (χ0v) is 19.7. The van der Waals surface area contributed by atoms with Crippen LogP contribution in [-0.4, -0.2) is 54.2 Å². The molecule has 0 amide bonds. The molecule has 0 spiro atoms. The largest absolute Gasteiger partial charge is 0.368 e. The smallest absolute Gasteiger partial charge is 0.287 e. The van der Waals surface area contributed by atoms with Crippen LogP contribution in [0.25, 0.3) is 0 Å². The number of carbonyl (C=O) groups excluding carboxylic acids is 1. The molecule has 0 N–H and O–H groups in total. The van der Waals surface area contributed by atoms with Crippen molar-refractivity contribution in [3.8, 4) is 0 Å². The highest BCUT2D eigenvalue weighted by Crippen LogP contribution is 2.34. The van der Waals surface area contributed by atoms with Gasteiger partial charge in [0.05, 0.1) is 17.3 Å². The number of nitrogens with zero attached hydrogens (tertiary/aromatic N) is 4. The van der Waals surface area contributed by atoms with Crippen molar-refractivity contribution in [1.82, 2.24) is 14.7 Å². The summed E-state index contributed by atoms with van der Waals surface area (Å²) in [5, 5.41) is 4.44. The van der Waals surface area contributed by atoms with Crippen molar-refractivity contribution in [3.63, 3.8) is 0 Å². The van der Waals surface area contributed by atoms with Gasteiger partial charge >= 0.3 is 0 Å². The monoisotopic (exact) mass is 482 g/mol. The van der Waals surface area contributed by atoms with E-state index in [-0.39, 0.29) is 27.5 Å². The van der Waals surface area contributed by atoms with Crippen LogP contribution in [0.3, 0.4) is 0 Å². The first kappa shape index (κ1) is 24.7. The number of halogens is 3. The lowest BCUT2D eigenvalue weighted by atomic mass is 9.89. The number of aromatic nitrogens is 2. The highest BCUT2D eigenvalue weighted by atomic mass is 35.5. The lowest BCUT2D eigenvalue weighted by Gasteiger charge is -2.40. The summed E-state index contributed by atoms with van der Waals surface area (Å²) in [5.41, 5.74) is 0.747. The summed E-state index contributed by atoms with van der Waals surface area (Å²) in [6.45, 7) is 5.19. The second-order valence-electron chi connectivity index (χ2n) is 8.56. The molecule has 0 bridgehead atoms. The van der Waals surface area contributed by atoms with Crippen LogP contribution in [0.2, 0.25) is 10.0 Å². The molecule has 1 atom stereocenters. The van der Waals surface area contributed by atoms with Crippen LogP contribution < -0.4 is 10.5 Å². The van der Waals surface area contributed by atoms with Crippen molar-refractivity contribution in [2.24, 2.45) is 5.92 Å². The predicted octanol–water partition coefficient (Wildman–Crippen LogP) is 4.45. The van der Waals surface area contributed by atoms with Crippen molar-refractivity contribution in [2.45, 2.75) is 44.2 Å². The molecule has 6 nitrogen and oxygen atoms in total. The van der Waals surface area contributed by atoms with E-state index in [0.717, 1.165) is 51.0 Å². The van der Waals surface area contributed by atoms with E-state index >= 15 is 0 Å². The maximum Gasteiger partial charge on any atom is 0.287 e. The average Bonchev–Trinajstić information content (AvgIpc) is 3.23. The molecule has 1 saturated heterocycles. The Kier molecular flexibility index (Phi) is 8.68. The van der Waals surface area contributed by atoms with Crippen LogP contribution in [0.1, 0.15) is 38.1 Å². The fourth-order valence-corrected chi connectivity index (χ4v) is 5.11. The van der Waals surface area contributed by atoms with Crippen molar-refractivity contribution >= 4 is 35.7 Å². The Labute approximate surface area is 197 Å². The Balaban J connectivity index is 0.00000141. The summed E-state index contributed by atoms with van der Waals surface area (Å²) >= 11 is 11.9. The molecule has 1 aromatic heterocycles. The molecule has 32 heavy (non-hydrogen) atoms. The van der Waals surface area contributed by atoms with Crippen molar-refractivity contribution in [2.75, 3.05) is 31.6 Å². The highest BCUT2D eigenvalue weighted by molar-refractivity contribution is 6.41. The molecule has 174 valence electrons. The Morgan fingerprint density at radius 2 is 1.78 bits per heavy atom. The van der Waals surface area contributed by atoms with Crippen molar-refractivity contribution in [1.29, 1.82) is 0 Å². The van der Waals surface area contributed by atoms with Gasteiger partial charge in [0.15, 0.2) is 0 Å². The van der Waals surface area contributed by atoms with Gasteiger partial charge in [0.25, 0.3) is 5.56 Å². The van der Waals surface area contributed by atoms with Gasteiger partial charge in [0, 0.05) is 24.8 Å². The molecule has 1 saturated carbocycles. The maximum absolute atomic E-state index is 13.5. The molecule has 1 unspecified atom stereocenters. The minimum absolute atomic E-state index is 0.0243. The Morgan fingerprint density at radius 3 is 2.38 bits per heavy atom. The van der Waals surface area contributed by atoms with E-state index in [4.69, 9.17) is 28.0 Å². The van der Waals surface area contributed by atoms with Crippen LogP contribution in [0.5, 0.6) is 0 Å². The van der Waals surface area contributed by atoms with Gasteiger partial charge in [-0.2, -0.15) is 5.10 Å². The van der Waals surface area contributed by atoms with E-state index in [2.05, 4.69) is 21.9 Å². The molecule has 2 fully saturated rings. The van der Waals surface area contributed by atoms with Crippen LogP contribution >= 0.6 is 23.2 Å². The Bertz CT molecular complexity index is 948. The third kappa shape index (κ3) is 5.69. The normalized spacial score (nSPS) is 23.4. The highest BCUT2D eigenvalue weighted by Gasteiger charge is 2.31. The number of anilines is 1. The minimum Gasteiger partial charge on any atom is -0.368 e. The molecule has 1 aromatic carbocycles. The third-order valence-electron chi connectivity index (χ3n) is 6.46. The molecule has 1 aliphatic heterocycles. The molecule has 9 heteroatoms. The Morgan fingerprint density at radius 1 is 1.12 bits per heavy atom. The standard InChI is InChI=1S/C22H27Cl2FN4O.CH2O/c1-27-11-10-15(13-27)14-28(17-4-2-16(25)3-5-17)18-6-8-19(9-7-18)29-22(30)21(24)20(23)12-26-29;1-2/h2-5,12,15,18-19H,6-11,13-14H2,1H3;1H2. The van der Waals surface area contributed by atoms with Crippen LogP contribution in [0.4, 0.5) is 10.1 Å². The lowest BCUT2D eigenvalue weighted by Crippen LogP contribution is -2.43. The topological polar surface area (TPSA) is 58.4 Å². The molecular weight excluding hydrogens is 454 g/mol. The second-order valence-corrected chi connectivity index (χ2v) is 9.35. The zero-order valence-electron chi connectivity index (χ0n) is 18.2. The van der Waals surface area contributed by atoms with E-state index < -0.39 is 0 Å². The summed E-state index contributed by atoms with van der Waals surface area (Å²) < 4.78 is 15.0. The molecule has 4 rings (SSSR count). The average molecular weight is 483 g/mol. The van der Waals surface area contributed by atoms with E-state index in [9.17, 15) is 9.18 Å². The van der Waals surface area contributed by atoms with Crippen molar-refractivity contribution < 1.29 is 9.18 Å². The van der Waals surface area contributed by atoms with Gasteiger partial charge in [-0.1, -0.05) is 23.2 Å². The fourth-order valence-electron chi connectivity index (χ4n) is 4.85. The zero-order chi connectivity index (χ0) is 23.3. The first-order valence-electron chi connectivity index (χ1n) is 10.8. The van der Waals surface area contributed by atoms with Crippen LogP contribution in [0.15, 0.2) is 35.3 Å². The summed E-state index contributed by atoms with van der Waals surface area (Å²) in [6, 6.07) is 7.21. The first-order valence-corrected chi connectivity index (χ1v) is 11.6. The van der Waals surface area contributed by atoms with E-state index in [0.29, 0.717) is 12.0 Å². The Hall–Kier alpha value is -1.96.